The summed E-state index contributed by atoms with van der Waals surface area (Å²) in [5.41, 5.74) is 4.07. The van der Waals surface area contributed by atoms with Gasteiger partial charge in [0, 0.05) is 21.0 Å². The van der Waals surface area contributed by atoms with Crippen molar-refractivity contribution in [3.05, 3.63) is 100 Å². The van der Waals surface area contributed by atoms with Crippen molar-refractivity contribution >= 4 is 33.3 Å². The van der Waals surface area contributed by atoms with Gasteiger partial charge in [-0.2, -0.15) is 26.3 Å². The van der Waals surface area contributed by atoms with E-state index in [1.165, 1.54) is 35.7 Å². The molecule has 6 rings (SSSR count). The van der Waals surface area contributed by atoms with Crippen LogP contribution >= 0.6 is 23.5 Å². The van der Waals surface area contributed by atoms with Gasteiger partial charge in [-0.25, -0.2) is 0 Å². The molecule has 2 aromatic rings. The Kier molecular flexibility index (Phi) is 8.35. The second kappa shape index (κ2) is 11.6. The number of fused-ring (bicyclic) bond motifs is 4. The van der Waals surface area contributed by atoms with Crippen LogP contribution in [0, 0.1) is 0 Å². The lowest BCUT2D eigenvalue weighted by molar-refractivity contribution is -0.258. The summed E-state index contributed by atoms with van der Waals surface area (Å²) in [6.45, 7) is 4.68. The molecule has 4 aliphatic rings. The molecule has 1 saturated carbocycles. The monoisotopic (exact) mass is 663 g/mol. The molecular weight excluding hydrogens is 629 g/mol. The number of alkyl halides is 6. The molecule has 0 radical (unpaired) electrons. The smallest absolute Gasteiger partial charge is 0.380 e. The summed E-state index contributed by atoms with van der Waals surface area (Å²) in [4.78, 5) is 1.12. The van der Waals surface area contributed by atoms with E-state index in [-0.39, 0.29) is 11.1 Å². The van der Waals surface area contributed by atoms with Gasteiger partial charge in [-0.15, -0.1) is 23.5 Å². The zero-order valence-corrected chi connectivity index (χ0v) is 26.7. The van der Waals surface area contributed by atoms with Crippen molar-refractivity contribution in [1.29, 1.82) is 0 Å². The molecule has 0 saturated heterocycles. The third kappa shape index (κ3) is 4.92. The number of hydrogen-bond donors (Lipinski definition) is 1. The first-order valence-electron chi connectivity index (χ1n) is 15.2. The molecule has 2 aliphatic heterocycles. The van der Waals surface area contributed by atoms with Crippen LogP contribution in [-0.2, 0) is 0 Å². The maximum Gasteiger partial charge on any atom is 0.380 e. The summed E-state index contributed by atoms with van der Waals surface area (Å²) in [7, 11) is 0. The minimum absolute atomic E-state index is 0.167. The molecule has 2 unspecified atom stereocenters. The number of thioether (sulfide) groups is 2. The zero-order valence-electron chi connectivity index (χ0n) is 25.1. The van der Waals surface area contributed by atoms with Gasteiger partial charge in [-0.3, -0.25) is 0 Å². The van der Waals surface area contributed by atoms with Crippen LogP contribution in [0.4, 0.5) is 26.3 Å². The first kappa shape index (κ1) is 32.4. The standard InChI is InChI=1S/C35H35F6NOS2/c1-31-25(20-27(44-31)22-12-8-7-9-13-22)29-30(34(38,39)35(40,41)33(29,36)37)26-21-28(45-32(26,31)2)23-14-16-24(17-15-23)43-19-11-6-4-3-5-10-18-42/h7-9,12-17,20-21H,3-6,10-11,18-19,42H2,1-2H3. The van der Waals surface area contributed by atoms with Crippen molar-refractivity contribution in [1.82, 2.24) is 0 Å². The molecule has 45 heavy (non-hydrogen) atoms. The molecule has 1 fully saturated rings. The Morgan fingerprint density at radius 2 is 1.09 bits per heavy atom. The number of rotatable bonds is 11. The van der Waals surface area contributed by atoms with Crippen LogP contribution in [0.25, 0.3) is 9.81 Å². The Balaban J connectivity index is 1.32. The van der Waals surface area contributed by atoms with Crippen molar-refractivity contribution in [2.45, 2.75) is 79.6 Å². The topological polar surface area (TPSA) is 35.2 Å². The molecule has 2 N–H and O–H groups in total. The Morgan fingerprint density at radius 1 is 0.622 bits per heavy atom. The highest BCUT2D eigenvalue weighted by molar-refractivity contribution is 8.14. The largest absolute Gasteiger partial charge is 0.494 e. The van der Waals surface area contributed by atoms with E-state index in [0.29, 0.717) is 39.8 Å². The van der Waals surface area contributed by atoms with E-state index < -0.39 is 38.4 Å². The predicted octanol–water partition coefficient (Wildman–Crippen LogP) is 10.3. The van der Waals surface area contributed by atoms with Crippen LogP contribution in [0.2, 0.25) is 0 Å². The highest BCUT2D eigenvalue weighted by Gasteiger charge is 2.84. The first-order valence-corrected chi connectivity index (χ1v) is 16.9. The van der Waals surface area contributed by atoms with Gasteiger partial charge >= 0.3 is 17.8 Å². The van der Waals surface area contributed by atoms with E-state index in [1.807, 2.05) is 0 Å². The van der Waals surface area contributed by atoms with Crippen LogP contribution in [0.1, 0.15) is 63.5 Å². The van der Waals surface area contributed by atoms with Crippen LogP contribution in [0.3, 0.4) is 0 Å². The maximum atomic E-state index is 15.6. The van der Waals surface area contributed by atoms with Gasteiger partial charge < -0.3 is 10.5 Å². The summed E-state index contributed by atoms with van der Waals surface area (Å²) in [5.74, 6) is -15.0. The van der Waals surface area contributed by atoms with E-state index >= 15 is 26.3 Å². The number of nitrogens with two attached hydrogens (primary N) is 1. The van der Waals surface area contributed by atoms with E-state index in [0.717, 1.165) is 38.5 Å². The molecule has 2 nitrogen and oxygen atoms in total. The minimum atomic E-state index is -5.57. The van der Waals surface area contributed by atoms with E-state index in [9.17, 15) is 0 Å². The summed E-state index contributed by atoms with van der Waals surface area (Å²) in [6.07, 6.45) is 9.24. The molecule has 10 heteroatoms. The van der Waals surface area contributed by atoms with Gasteiger partial charge in [0.05, 0.1) is 16.1 Å². The summed E-state index contributed by atoms with van der Waals surface area (Å²) in [6, 6.07) is 16.1. The number of halogens is 6. The molecule has 2 aliphatic carbocycles. The number of ether oxygens (including phenoxy) is 1. The van der Waals surface area contributed by atoms with Crippen molar-refractivity contribution in [2.24, 2.45) is 5.73 Å². The van der Waals surface area contributed by atoms with Crippen molar-refractivity contribution in [2.75, 3.05) is 13.2 Å². The fourth-order valence-electron chi connectivity index (χ4n) is 6.66. The third-order valence-corrected chi connectivity index (χ3v) is 12.7. The van der Waals surface area contributed by atoms with Gasteiger partial charge in [0.15, 0.2) is 0 Å². The predicted molar refractivity (Wildman–Crippen MR) is 172 cm³/mol. The SMILES string of the molecule is CC12SC(c3ccccc3)=CC1=C1C(=C3C=C(c4ccc(OCCCCCCCCN)cc4)SC32C)C(F)(F)C(F)(F)C1(F)F. The highest BCUT2D eigenvalue weighted by Crippen LogP contribution is 2.75. The summed E-state index contributed by atoms with van der Waals surface area (Å²) >= 11 is 2.51. The van der Waals surface area contributed by atoms with Gasteiger partial charge in [0.2, 0.25) is 0 Å². The average molecular weight is 664 g/mol. The maximum absolute atomic E-state index is 15.6. The number of allylic oxidation sites excluding steroid dienone is 4. The number of benzene rings is 2. The first-order chi connectivity index (χ1) is 21.3. The number of hydrogen-bond acceptors (Lipinski definition) is 4. The van der Waals surface area contributed by atoms with Crippen molar-refractivity contribution in [3.8, 4) is 5.75 Å². The Bertz CT molecular complexity index is 1600. The third-order valence-electron chi connectivity index (χ3n) is 9.39. The molecular formula is C35H35F6NOS2. The summed E-state index contributed by atoms with van der Waals surface area (Å²) < 4.78 is 95.7. The van der Waals surface area contributed by atoms with Crippen LogP contribution < -0.4 is 10.5 Å². The molecule has 240 valence electrons. The quantitative estimate of drug-likeness (QED) is 0.192. The van der Waals surface area contributed by atoms with Gasteiger partial charge in [-0.1, -0.05) is 68.1 Å². The fourth-order valence-corrected chi connectivity index (χ4v) is 9.80. The average Bonchev–Trinajstić information content (AvgIpc) is 3.59. The number of unbranched alkanes of at least 4 members (excludes halogenated alkanes) is 5. The Hall–Kier alpha value is -2.56. The van der Waals surface area contributed by atoms with Crippen LogP contribution in [0.5, 0.6) is 5.75 Å². The normalized spacial score (nSPS) is 27.2. The Morgan fingerprint density at radius 3 is 1.60 bits per heavy atom. The van der Waals surface area contributed by atoms with Gasteiger partial charge in [-0.05, 0) is 79.8 Å². The highest BCUT2D eigenvalue weighted by atomic mass is 32.2. The van der Waals surface area contributed by atoms with Crippen molar-refractivity contribution in [3.63, 3.8) is 0 Å². The molecule has 2 heterocycles. The molecule has 0 amide bonds. The Labute approximate surface area is 268 Å². The van der Waals surface area contributed by atoms with Crippen LogP contribution in [0.15, 0.2) is 89.0 Å². The van der Waals surface area contributed by atoms with Gasteiger partial charge in [0.25, 0.3) is 0 Å². The molecule has 2 aromatic carbocycles. The van der Waals surface area contributed by atoms with E-state index in [1.54, 1.807) is 68.4 Å². The van der Waals surface area contributed by atoms with E-state index in [4.69, 9.17) is 10.5 Å². The second-order valence-corrected chi connectivity index (χ2v) is 15.2. The molecule has 0 aromatic heterocycles. The zero-order chi connectivity index (χ0) is 32.3. The lowest BCUT2D eigenvalue weighted by atomic mass is 9.71. The lowest BCUT2D eigenvalue weighted by Crippen LogP contribution is -2.48. The molecule has 2 atom stereocenters. The lowest BCUT2D eigenvalue weighted by Gasteiger charge is -2.47. The molecule has 0 spiro atoms. The van der Waals surface area contributed by atoms with Gasteiger partial charge in [0.1, 0.15) is 5.75 Å². The minimum Gasteiger partial charge on any atom is -0.494 e. The molecule has 0 bridgehead atoms. The van der Waals surface area contributed by atoms with E-state index in [2.05, 4.69) is 0 Å². The van der Waals surface area contributed by atoms with Crippen LogP contribution in [-0.4, -0.2) is 40.4 Å². The second-order valence-electron chi connectivity index (χ2n) is 12.2. The van der Waals surface area contributed by atoms with Crippen molar-refractivity contribution < 1.29 is 31.1 Å². The fraction of sp³-hybridized carbons (Fsp3) is 0.429. The summed E-state index contributed by atoms with van der Waals surface area (Å²) in [5, 5.41) is 0.